The topological polar surface area (TPSA) is 37.8 Å². The molecule has 0 saturated heterocycles. The first kappa shape index (κ1) is 10.8. The van der Waals surface area contributed by atoms with Gasteiger partial charge in [-0.25, -0.2) is 4.98 Å². The van der Waals surface area contributed by atoms with Gasteiger partial charge in [0.2, 0.25) is 5.13 Å². The van der Waals surface area contributed by atoms with E-state index in [4.69, 9.17) is 0 Å². The Morgan fingerprint density at radius 2 is 2.38 bits per heavy atom. The maximum absolute atomic E-state index is 4.25. The Labute approximate surface area is 87.5 Å². The van der Waals surface area contributed by atoms with E-state index in [0.717, 1.165) is 11.0 Å². The van der Waals surface area contributed by atoms with Gasteiger partial charge in [-0.05, 0) is 32.3 Å². The standard InChI is InChI=1S/C8H15N3S2/c1-6(4-5-12-3)9-8-10-7(2)11-13-8/h6H,4-5H2,1-3H3,(H,9,10,11). The molecule has 0 aromatic carbocycles. The lowest BCUT2D eigenvalue weighted by atomic mass is 10.3. The summed E-state index contributed by atoms with van der Waals surface area (Å²) in [5.41, 5.74) is 0. The Hall–Kier alpha value is -0.290. The smallest absolute Gasteiger partial charge is 0.202 e. The molecule has 1 atom stereocenters. The number of anilines is 1. The van der Waals surface area contributed by atoms with Crippen LogP contribution in [0.3, 0.4) is 0 Å². The summed E-state index contributed by atoms with van der Waals surface area (Å²) in [7, 11) is 0. The number of nitrogens with one attached hydrogen (secondary N) is 1. The lowest BCUT2D eigenvalue weighted by Gasteiger charge is -2.10. The summed E-state index contributed by atoms with van der Waals surface area (Å²) in [4.78, 5) is 4.25. The Balaban J connectivity index is 2.31. The molecule has 1 aromatic heterocycles. The maximum atomic E-state index is 4.25. The van der Waals surface area contributed by atoms with E-state index >= 15 is 0 Å². The molecule has 1 rings (SSSR count). The fraction of sp³-hybridized carbons (Fsp3) is 0.750. The van der Waals surface area contributed by atoms with E-state index < -0.39 is 0 Å². The molecule has 0 bridgehead atoms. The molecule has 13 heavy (non-hydrogen) atoms. The SMILES string of the molecule is CSCCC(C)Nc1nc(C)ns1. The monoisotopic (exact) mass is 217 g/mol. The number of aromatic nitrogens is 2. The van der Waals surface area contributed by atoms with Crippen LogP contribution in [0.1, 0.15) is 19.2 Å². The summed E-state index contributed by atoms with van der Waals surface area (Å²) in [6, 6.07) is 0.486. The second-order valence-corrected chi connectivity index (χ2v) is 4.71. The van der Waals surface area contributed by atoms with Gasteiger partial charge in [-0.1, -0.05) is 0 Å². The minimum Gasteiger partial charge on any atom is -0.358 e. The summed E-state index contributed by atoms with van der Waals surface area (Å²) < 4.78 is 4.11. The molecule has 0 fully saturated rings. The average molecular weight is 217 g/mol. The Morgan fingerprint density at radius 1 is 1.62 bits per heavy atom. The Kier molecular flexibility index (Phi) is 4.52. The second kappa shape index (κ2) is 5.44. The molecule has 1 heterocycles. The van der Waals surface area contributed by atoms with Crippen molar-refractivity contribution in [2.45, 2.75) is 26.3 Å². The third-order valence-electron chi connectivity index (χ3n) is 1.65. The third kappa shape index (κ3) is 3.95. The normalized spacial score (nSPS) is 12.8. The molecule has 3 nitrogen and oxygen atoms in total. The summed E-state index contributed by atoms with van der Waals surface area (Å²) in [5, 5.41) is 4.27. The molecule has 0 aliphatic heterocycles. The first-order chi connectivity index (χ1) is 6.22. The molecule has 1 N–H and O–H groups in total. The van der Waals surface area contributed by atoms with Crippen LogP contribution in [0.2, 0.25) is 0 Å². The van der Waals surface area contributed by atoms with Crippen LogP contribution in [-0.2, 0) is 0 Å². The van der Waals surface area contributed by atoms with Gasteiger partial charge in [-0.3, -0.25) is 0 Å². The first-order valence-corrected chi connectivity index (χ1v) is 6.45. The van der Waals surface area contributed by atoms with Gasteiger partial charge in [0.1, 0.15) is 5.82 Å². The van der Waals surface area contributed by atoms with E-state index in [1.165, 1.54) is 23.7 Å². The summed E-state index contributed by atoms with van der Waals surface area (Å²) in [6.07, 6.45) is 3.29. The van der Waals surface area contributed by atoms with Crippen molar-refractivity contribution in [2.24, 2.45) is 0 Å². The molecule has 5 heteroatoms. The summed E-state index contributed by atoms with van der Waals surface area (Å²) in [6.45, 7) is 4.08. The van der Waals surface area contributed by atoms with E-state index in [1.807, 2.05) is 18.7 Å². The predicted molar refractivity (Wildman–Crippen MR) is 60.7 cm³/mol. The second-order valence-electron chi connectivity index (χ2n) is 2.97. The van der Waals surface area contributed by atoms with Crippen molar-refractivity contribution in [2.75, 3.05) is 17.3 Å². The van der Waals surface area contributed by atoms with Crippen molar-refractivity contribution in [3.8, 4) is 0 Å². The average Bonchev–Trinajstić information content (AvgIpc) is 2.48. The maximum Gasteiger partial charge on any atom is 0.202 e. The molecule has 74 valence electrons. The lowest BCUT2D eigenvalue weighted by molar-refractivity contribution is 0.770. The van der Waals surface area contributed by atoms with Crippen molar-refractivity contribution >= 4 is 28.4 Å². The van der Waals surface area contributed by atoms with Crippen LogP contribution in [0.15, 0.2) is 0 Å². The van der Waals surface area contributed by atoms with Gasteiger partial charge in [0.05, 0.1) is 0 Å². The molecule has 0 amide bonds. The van der Waals surface area contributed by atoms with Crippen molar-refractivity contribution in [3.05, 3.63) is 5.82 Å². The van der Waals surface area contributed by atoms with E-state index in [0.29, 0.717) is 6.04 Å². The number of rotatable bonds is 5. The summed E-state index contributed by atoms with van der Waals surface area (Å²) in [5.74, 6) is 2.04. The highest BCUT2D eigenvalue weighted by atomic mass is 32.2. The quantitative estimate of drug-likeness (QED) is 0.822. The fourth-order valence-corrected chi connectivity index (χ4v) is 2.21. The number of thioether (sulfide) groups is 1. The van der Waals surface area contributed by atoms with Gasteiger partial charge in [-0.15, -0.1) is 0 Å². The number of nitrogens with zero attached hydrogens (tertiary/aromatic N) is 2. The minimum atomic E-state index is 0.486. The number of hydrogen-bond donors (Lipinski definition) is 1. The van der Waals surface area contributed by atoms with Crippen molar-refractivity contribution in [3.63, 3.8) is 0 Å². The van der Waals surface area contributed by atoms with E-state index in [1.54, 1.807) is 0 Å². The number of hydrogen-bond acceptors (Lipinski definition) is 5. The van der Waals surface area contributed by atoms with E-state index in [2.05, 4.69) is 27.9 Å². The predicted octanol–water partition coefficient (Wildman–Crippen LogP) is 2.40. The fourth-order valence-electron chi connectivity index (χ4n) is 0.933. The van der Waals surface area contributed by atoms with Gasteiger partial charge in [0, 0.05) is 17.6 Å². The van der Waals surface area contributed by atoms with E-state index in [-0.39, 0.29) is 0 Å². The van der Waals surface area contributed by atoms with Crippen LogP contribution < -0.4 is 5.32 Å². The molecule has 0 radical (unpaired) electrons. The van der Waals surface area contributed by atoms with Gasteiger partial charge < -0.3 is 5.32 Å². The van der Waals surface area contributed by atoms with Crippen LogP contribution in [0, 0.1) is 6.92 Å². The highest BCUT2D eigenvalue weighted by Gasteiger charge is 2.04. The Bertz CT molecular complexity index is 249. The molecule has 1 aromatic rings. The highest BCUT2D eigenvalue weighted by Crippen LogP contribution is 2.13. The molecule has 0 aliphatic carbocycles. The van der Waals surface area contributed by atoms with Crippen molar-refractivity contribution < 1.29 is 0 Å². The zero-order chi connectivity index (χ0) is 9.68. The van der Waals surface area contributed by atoms with Gasteiger partial charge in [0.15, 0.2) is 0 Å². The molecule has 0 aliphatic rings. The summed E-state index contributed by atoms with van der Waals surface area (Å²) >= 11 is 3.31. The third-order valence-corrected chi connectivity index (χ3v) is 3.03. The zero-order valence-corrected chi connectivity index (χ0v) is 9.84. The van der Waals surface area contributed by atoms with Crippen LogP contribution >= 0.6 is 23.3 Å². The van der Waals surface area contributed by atoms with Crippen molar-refractivity contribution in [1.29, 1.82) is 0 Å². The van der Waals surface area contributed by atoms with Gasteiger partial charge >= 0.3 is 0 Å². The first-order valence-electron chi connectivity index (χ1n) is 4.28. The minimum absolute atomic E-state index is 0.486. The highest BCUT2D eigenvalue weighted by molar-refractivity contribution is 7.98. The zero-order valence-electron chi connectivity index (χ0n) is 8.20. The van der Waals surface area contributed by atoms with Crippen LogP contribution in [0.5, 0.6) is 0 Å². The molecule has 0 spiro atoms. The Morgan fingerprint density at radius 3 is 2.92 bits per heavy atom. The van der Waals surface area contributed by atoms with Gasteiger partial charge in [-0.2, -0.15) is 16.1 Å². The van der Waals surface area contributed by atoms with Crippen LogP contribution in [-0.4, -0.2) is 27.4 Å². The largest absolute Gasteiger partial charge is 0.358 e. The van der Waals surface area contributed by atoms with E-state index in [9.17, 15) is 0 Å². The lowest BCUT2D eigenvalue weighted by Crippen LogP contribution is -2.15. The van der Waals surface area contributed by atoms with Gasteiger partial charge in [0.25, 0.3) is 0 Å². The molecule has 0 saturated carbocycles. The van der Waals surface area contributed by atoms with Crippen LogP contribution in [0.25, 0.3) is 0 Å². The van der Waals surface area contributed by atoms with Crippen LogP contribution in [0.4, 0.5) is 5.13 Å². The molecule has 1 unspecified atom stereocenters. The number of aryl methyl sites for hydroxylation is 1. The molecular weight excluding hydrogens is 202 g/mol. The van der Waals surface area contributed by atoms with Crippen molar-refractivity contribution in [1.82, 2.24) is 9.36 Å². The molecular formula is C8H15N3S2.